The van der Waals surface area contributed by atoms with Crippen LogP contribution < -0.4 is 5.32 Å². The summed E-state index contributed by atoms with van der Waals surface area (Å²) in [5.74, 6) is 1.63. The number of carbonyl (C=O) groups excluding carboxylic acids is 1. The lowest BCUT2D eigenvalue weighted by Gasteiger charge is -2.23. The second-order valence-electron chi connectivity index (χ2n) is 3.90. The van der Waals surface area contributed by atoms with E-state index in [1.54, 1.807) is 6.92 Å². The van der Waals surface area contributed by atoms with E-state index in [0.29, 0.717) is 24.7 Å². The van der Waals surface area contributed by atoms with Gasteiger partial charge < -0.3 is 9.84 Å². The van der Waals surface area contributed by atoms with Crippen molar-refractivity contribution in [3.05, 3.63) is 11.7 Å². The number of hydrogen-bond donors (Lipinski definition) is 1. The number of nitrogens with one attached hydrogen (secondary N) is 1. The van der Waals surface area contributed by atoms with Gasteiger partial charge in [-0.15, -0.1) is 0 Å². The second-order valence-corrected chi connectivity index (χ2v) is 3.90. The molecule has 0 aromatic carbocycles. The van der Waals surface area contributed by atoms with Gasteiger partial charge in [-0.1, -0.05) is 11.6 Å². The van der Waals surface area contributed by atoms with Crippen LogP contribution in [-0.2, 0) is 11.2 Å². The summed E-state index contributed by atoms with van der Waals surface area (Å²) in [7, 11) is 0. The van der Waals surface area contributed by atoms with Crippen molar-refractivity contribution in [2.24, 2.45) is 5.92 Å². The van der Waals surface area contributed by atoms with E-state index in [4.69, 9.17) is 4.52 Å². The average Bonchev–Trinajstić information content (AvgIpc) is 2.48. The number of nitrogens with zero attached hydrogens (tertiary/aromatic N) is 2. The quantitative estimate of drug-likeness (QED) is 0.797. The van der Waals surface area contributed by atoms with E-state index >= 15 is 0 Å². The van der Waals surface area contributed by atoms with Crippen LogP contribution >= 0.6 is 0 Å². The minimum atomic E-state index is 0.168. The largest absolute Gasteiger partial charge is 0.355 e. The van der Waals surface area contributed by atoms with Gasteiger partial charge in [0.2, 0.25) is 11.8 Å². The van der Waals surface area contributed by atoms with Crippen molar-refractivity contribution >= 4 is 5.91 Å². The Hall–Kier alpha value is -1.39. The van der Waals surface area contributed by atoms with Crippen molar-refractivity contribution in [1.82, 2.24) is 15.5 Å². The molecular weight excluding hydrogens is 194 g/mol. The molecule has 0 saturated heterocycles. The Bertz CT molecular complexity index is 344. The first-order chi connectivity index (χ1) is 7.25. The predicted octanol–water partition coefficient (Wildman–Crippen LogP) is 0.837. The Labute approximate surface area is 88.2 Å². The third kappa shape index (κ3) is 2.55. The molecule has 0 spiro atoms. The molecule has 0 aliphatic heterocycles. The Morgan fingerprint density at radius 1 is 1.60 bits per heavy atom. The Morgan fingerprint density at radius 2 is 2.40 bits per heavy atom. The summed E-state index contributed by atoms with van der Waals surface area (Å²) in [4.78, 5) is 15.5. The van der Waals surface area contributed by atoms with Crippen LogP contribution in [0.1, 0.15) is 31.0 Å². The summed E-state index contributed by atoms with van der Waals surface area (Å²) >= 11 is 0. The molecule has 0 radical (unpaired) electrons. The van der Waals surface area contributed by atoms with Gasteiger partial charge in [-0.25, -0.2) is 0 Å². The van der Waals surface area contributed by atoms with Gasteiger partial charge in [-0.3, -0.25) is 4.79 Å². The number of aryl methyl sites for hydroxylation is 1. The monoisotopic (exact) mass is 209 g/mol. The zero-order valence-corrected chi connectivity index (χ0v) is 8.82. The van der Waals surface area contributed by atoms with E-state index in [-0.39, 0.29) is 11.8 Å². The molecule has 82 valence electrons. The molecule has 5 nitrogen and oxygen atoms in total. The standard InChI is InChI=1S/C10H15N3O2/c1-7-12-9(13-15-7)5-6-11-10(14)8-3-2-4-8/h8H,2-6H2,1H3,(H,11,14). The molecule has 15 heavy (non-hydrogen) atoms. The van der Waals surface area contributed by atoms with Crippen molar-refractivity contribution in [3.8, 4) is 0 Å². The molecule has 1 aromatic rings. The van der Waals surface area contributed by atoms with Crippen LogP contribution in [-0.4, -0.2) is 22.6 Å². The maximum absolute atomic E-state index is 11.4. The first-order valence-corrected chi connectivity index (χ1v) is 5.32. The highest BCUT2D eigenvalue weighted by Crippen LogP contribution is 2.25. The molecule has 1 amide bonds. The van der Waals surface area contributed by atoms with E-state index in [2.05, 4.69) is 15.5 Å². The van der Waals surface area contributed by atoms with Crippen molar-refractivity contribution in [1.29, 1.82) is 0 Å². The molecular formula is C10H15N3O2. The van der Waals surface area contributed by atoms with E-state index in [9.17, 15) is 4.79 Å². The summed E-state index contributed by atoms with van der Waals surface area (Å²) in [5, 5.41) is 6.64. The Morgan fingerprint density at radius 3 is 2.93 bits per heavy atom. The van der Waals surface area contributed by atoms with Crippen LogP contribution in [0.4, 0.5) is 0 Å². The maximum atomic E-state index is 11.4. The molecule has 1 saturated carbocycles. The Kier molecular flexibility index (Phi) is 2.99. The van der Waals surface area contributed by atoms with Gasteiger partial charge in [0.25, 0.3) is 0 Å². The molecule has 1 aromatic heterocycles. The lowest BCUT2D eigenvalue weighted by molar-refractivity contribution is -0.127. The van der Waals surface area contributed by atoms with Gasteiger partial charge in [0, 0.05) is 25.8 Å². The third-order valence-electron chi connectivity index (χ3n) is 2.69. The number of aromatic nitrogens is 2. The lowest BCUT2D eigenvalue weighted by Crippen LogP contribution is -2.35. The summed E-state index contributed by atoms with van der Waals surface area (Å²) in [6, 6.07) is 0. The van der Waals surface area contributed by atoms with E-state index in [1.807, 2.05) is 0 Å². The molecule has 1 aliphatic rings. The maximum Gasteiger partial charge on any atom is 0.223 e. The molecule has 2 rings (SSSR count). The number of rotatable bonds is 4. The summed E-state index contributed by atoms with van der Waals surface area (Å²) in [6.45, 7) is 2.34. The topological polar surface area (TPSA) is 68.0 Å². The predicted molar refractivity (Wildman–Crippen MR) is 53.1 cm³/mol. The first kappa shape index (κ1) is 10.1. The van der Waals surface area contributed by atoms with Crippen molar-refractivity contribution in [2.75, 3.05) is 6.54 Å². The second kappa shape index (κ2) is 4.42. The molecule has 0 unspecified atom stereocenters. The Balaban J connectivity index is 1.68. The van der Waals surface area contributed by atoms with Crippen LogP contribution in [0.5, 0.6) is 0 Å². The molecule has 5 heteroatoms. The minimum absolute atomic E-state index is 0.168. The van der Waals surface area contributed by atoms with Crippen molar-refractivity contribution in [2.45, 2.75) is 32.6 Å². The van der Waals surface area contributed by atoms with Crippen LogP contribution in [0.15, 0.2) is 4.52 Å². The SMILES string of the molecule is Cc1nc(CCNC(=O)C2CCC2)no1. The van der Waals surface area contributed by atoms with Gasteiger partial charge >= 0.3 is 0 Å². The smallest absolute Gasteiger partial charge is 0.223 e. The molecule has 1 aliphatic carbocycles. The van der Waals surface area contributed by atoms with Crippen LogP contribution in [0.2, 0.25) is 0 Å². The van der Waals surface area contributed by atoms with Crippen molar-refractivity contribution < 1.29 is 9.32 Å². The fourth-order valence-corrected chi connectivity index (χ4v) is 1.56. The van der Waals surface area contributed by atoms with E-state index < -0.39 is 0 Å². The third-order valence-corrected chi connectivity index (χ3v) is 2.69. The molecule has 1 fully saturated rings. The van der Waals surface area contributed by atoms with Gasteiger partial charge in [-0.05, 0) is 12.8 Å². The van der Waals surface area contributed by atoms with E-state index in [0.717, 1.165) is 12.8 Å². The normalized spacial score (nSPS) is 16.1. The minimum Gasteiger partial charge on any atom is -0.355 e. The molecule has 0 bridgehead atoms. The summed E-state index contributed by atoms with van der Waals surface area (Å²) in [6.07, 6.45) is 3.89. The number of carbonyl (C=O) groups is 1. The fraction of sp³-hybridized carbons (Fsp3) is 0.700. The lowest BCUT2D eigenvalue weighted by atomic mass is 9.85. The highest BCUT2D eigenvalue weighted by Gasteiger charge is 2.24. The van der Waals surface area contributed by atoms with Crippen LogP contribution in [0, 0.1) is 12.8 Å². The van der Waals surface area contributed by atoms with Gasteiger partial charge in [-0.2, -0.15) is 4.98 Å². The molecule has 1 N–H and O–H groups in total. The highest BCUT2D eigenvalue weighted by atomic mass is 16.5. The molecule has 0 atom stereocenters. The zero-order valence-electron chi connectivity index (χ0n) is 8.82. The van der Waals surface area contributed by atoms with Gasteiger partial charge in [0.1, 0.15) is 0 Å². The van der Waals surface area contributed by atoms with E-state index in [1.165, 1.54) is 6.42 Å². The van der Waals surface area contributed by atoms with Gasteiger partial charge in [0.15, 0.2) is 5.82 Å². The first-order valence-electron chi connectivity index (χ1n) is 5.32. The van der Waals surface area contributed by atoms with Crippen molar-refractivity contribution in [3.63, 3.8) is 0 Å². The van der Waals surface area contributed by atoms with Gasteiger partial charge in [0.05, 0.1) is 0 Å². The average molecular weight is 209 g/mol. The summed E-state index contributed by atoms with van der Waals surface area (Å²) in [5.41, 5.74) is 0. The van der Waals surface area contributed by atoms with Crippen LogP contribution in [0.25, 0.3) is 0 Å². The number of hydrogen-bond acceptors (Lipinski definition) is 4. The van der Waals surface area contributed by atoms with Crippen LogP contribution in [0.3, 0.4) is 0 Å². The highest BCUT2D eigenvalue weighted by molar-refractivity contribution is 5.79. The zero-order chi connectivity index (χ0) is 10.7. The molecule has 1 heterocycles. The summed E-state index contributed by atoms with van der Waals surface area (Å²) < 4.78 is 4.83. The number of amides is 1. The fourth-order valence-electron chi connectivity index (χ4n) is 1.56.